The lowest BCUT2D eigenvalue weighted by molar-refractivity contribution is -0.140. The van der Waals surface area contributed by atoms with E-state index in [1.807, 2.05) is 0 Å². The minimum absolute atomic E-state index is 0.318. The van der Waals surface area contributed by atoms with Crippen LogP contribution in [0.15, 0.2) is 0 Å². The summed E-state index contributed by atoms with van der Waals surface area (Å²) in [7, 11) is 1.17. The van der Waals surface area contributed by atoms with Gasteiger partial charge in [0.2, 0.25) is 0 Å². The molecule has 0 saturated heterocycles. The highest BCUT2D eigenvalue weighted by atomic mass is 35.5. The van der Waals surface area contributed by atoms with Crippen molar-refractivity contribution in [3.8, 4) is 0 Å². The summed E-state index contributed by atoms with van der Waals surface area (Å²) in [6.45, 7) is 0. The first kappa shape index (κ1) is 27.4. The molecule has 0 fully saturated rings. The van der Waals surface area contributed by atoms with Crippen molar-refractivity contribution in [1.82, 2.24) is 0 Å². The molecule has 0 aliphatic heterocycles. The van der Waals surface area contributed by atoms with E-state index in [-0.39, 0.29) is 0 Å². The molecule has 0 aromatic carbocycles. The van der Waals surface area contributed by atoms with Crippen molar-refractivity contribution >= 4 is 122 Å². The molecule has 0 spiro atoms. The van der Waals surface area contributed by atoms with Crippen molar-refractivity contribution in [2.75, 3.05) is 13.0 Å². The number of ether oxygens (including phenoxy) is 1. The van der Waals surface area contributed by atoms with Crippen molar-refractivity contribution in [3.63, 3.8) is 0 Å². The van der Waals surface area contributed by atoms with E-state index in [1.54, 1.807) is 0 Å². The van der Waals surface area contributed by atoms with Gasteiger partial charge in [-0.05, 0) is 6.42 Å². The third kappa shape index (κ3) is 8.33. The predicted molar refractivity (Wildman–Crippen MR) is 114 cm³/mol. The van der Waals surface area contributed by atoms with E-state index >= 15 is 0 Å². The van der Waals surface area contributed by atoms with Crippen molar-refractivity contribution in [2.24, 2.45) is 0 Å². The molecule has 0 N–H and O–H groups in total. The maximum atomic E-state index is 11.5. The van der Waals surface area contributed by atoms with Crippen LogP contribution in [0.5, 0.6) is 0 Å². The molecule has 2 nitrogen and oxygen atoms in total. The smallest absolute Gasteiger partial charge is 0.325 e. The molecule has 9 unspecified atom stereocenters. The highest BCUT2D eigenvalue weighted by Crippen LogP contribution is 2.35. The van der Waals surface area contributed by atoms with E-state index in [4.69, 9.17) is 116 Å². The third-order valence-corrected chi connectivity index (χ3v) is 9.26. The SMILES string of the molecule is COC(=O)C(Cl)C(Cl)C(Cl)C(Cl)C(Cl)C(Cl)C(Cl)C(Cl)C(Cl)CCCl. The fourth-order valence-corrected chi connectivity index (χ4v) is 5.24. The van der Waals surface area contributed by atoms with Crippen molar-refractivity contribution in [3.05, 3.63) is 0 Å². The quantitative estimate of drug-likeness (QED) is 0.221. The van der Waals surface area contributed by atoms with Gasteiger partial charge in [0, 0.05) is 5.88 Å². The number of carbonyl (C=O) groups is 1. The molecular formula is C13H16Cl10O2. The molecular weight excluding hydrogens is 543 g/mol. The minimum Gasteiger partial charge on any atom is -0.468 e. The number of hydrogen-bond acceptors (Lipinski definition) is 2. The van der Waals surface area contributed by atoms with Gasteiger partial charge in [0.25, 0.3) is 0 Å². The van der Waals surface area contributed by atoms with Gasteiger partial charge in [-0.3, -0.25) is 4.79 Å². The first-order valence-corrected chi connectivity index (χ1v) is 11.4. The zero-order valence-corrected chi connectivity index (χ0v) is 20.3. The monoisotopic (exact) mass is 554 g/mol. The third-order valence-electron chi connectivity index (χ3n) is 3.26. The van der Waals surface area contributed by atoms with Gasteiger partial charge in [0.1, 0.15) is 5.38 Å². The van der Waals surface area contributed by atoms with Gasteiger partial charge in [-0.25, -0.2) is 0 Å². The van der Waals surface area contributed by atoms with Crippen LogP contribution in [0, 0.1) is 0 Å². The van der Waals surface area contributed by atoms with Crippen LogP contribution in [-0.2, 0) is 9.53 Å². The van der Waals surface area contributed by atoms with Crippen molar-refractivity contribution < 1.29 is 9.53 Å². The molecule has 0 radical (unpaired) electrons. The average molecular weight is 559 g/mol. The second-order valence-electron chi connectivity index (χ2n) is 5.03. The summed E-state index contributed by atoms with van der Waals surface area (Å²) in [6.07, 6.45) is 0.441. The predicted octanol–water partition coefficient (Wildman–Crippen LogP) is 6.25. The largest absolute Gasteiger partial charge is 0.468 e. The molecule has 0 saturated carbocycles. The first-order valence-electron chi connectivity index (χ1n) is 6.91. The zero-order valence-electron chi connectivity index (χ0n) is 12.7. The lowest BCUT2D eigenvalue weighted by atomic mass is 10.0. The van der Waals surface area contributed by atoms with Gasteiger partial charge in [-0.15, -0.1) is 116 Å². The maximum absolute atomic E-state index is 11.5. The lowest BCUT2D eigenvalue weighted by Crippen LogP contribution is -2.46. The molecule has 0 aromatic rings. The molecule has 0 aliphatic rings. The van der Waals surface area contributed by atoms with E-state index in [2.05, 4.69) is 4.74 Å². The second kappa shape index (κ2) is 13.6. The van der Waals surface area contributed by atoms with Crippen LogP contribution in [0.2, 0.25) is 0 Å². The topological polar surface area (TPSA) is 26.3 Å². The molecule has 0 heterocycles. The Morgan fingerprint density at radius 2 is 1.08 bits per heavy atom. The standard InChI is InChI=1S/C13H16Cl10O2/c1-25-13(24)12(23)11(22)10(21)9(20)8(19)7(18)6(17)5(16)4(15)2-3-14/h4-12H,2-3H2,1H3. The Morgan fingerprint density at radius 3 is 1.44 bits per heavy atom. The molecule has 9 atom stereocenters. The minimum atomic E-state index is -1.21. The van der Waals surface area contributed by atoms with Crippen LogP contribution >= 0.6 is 116 Å². The van der Waals surface area contributed by atoms with Gasteiger partial charge >= 0.3 is 5.97 Å². The molecule has 150 valence electrons. The summed E-state index contributed by atoms with van der Waals surface area (Å²) in [5.41, 5.74) is 0. The van der Waals surface area contributed by atoms with Gasteiger partial charge in [0.15, 0.2) is 0 Å². The number of halogens is 10. The van der Waals surface area contributed by atoms with Gasteiger partial charge in [-0.1, -0.05) is 0 Å². The van der Waals surface area contributed by atoms with Crippen LogP contribution in [0.3, 0.4) is 0 Å². The van der Waals surface area contributed by atoms with E-state index in [0.29, 0.717) is 12.3 Å². The van der Waals surface area contributed by atoms with E-state index in [1.165, 1.54) is 7.11 Å². The van der Waals surface area contributed by atoms with Crippen LogP contribution in [-0.4, -0.2) is 67.4 Å². The summed E-state index contributed by atoms with van der Waals surface area (Å²) in [6, 6.07) is 0. The first-order chi connectivity index (χ1) is 11.5. The number of hydrogen-bond donors (Lipinski definition) is 0. The number of esters is 1. The average Bonchev–Trinajstić information content (AvgIpc) is 2.62. The van der Waals surface area contributed by atoms with Crippen molar-refractivity contribution in [2.45, 2.75) is 54.8 Å². The Labute approximate surface area is 197 Å². The summed E-state index contributed by atoms with van der Waals surface area (Å²) in [4.78, 5) is 11.5. The molecule has 0 rings (SSSR count). The molecule has 0 amide bonds. The van der Waals surface area contributed by atoms with Gasteiger partial charge in [0.05, 0.1) is 50.1 Å². The Bertz CT molecular complexity index is 401. The molecule has 12 heteroatoms. The number of rotatable bonds is 11. The zero-order chi connectivity index (χ0) is 19.9. The lowest BCUT2D eigenvalue weighted by Gasteiger charge is -2.32. The van der Waals surface area contributed by atoms with Crippen LogP contribution in [0.1, 0.15) is 6.42 Å². The van der Waals surface area contributed by atoms with Gasteiger partial charge < -0.3 is 4.74 Å². The van der Waals surface area contributed by atoms with Crippen molar-refractivity contribution in [1.29, 1.82) is 0 Å². The summed E-state index contributed by atoms with van der Waals surface area (Å²) in [5, 5.41) is -8.07. The summed E-state index contributed by atoms with van der Waals surface area (Å²) in [5.74, 6) is -0.426. The Kier molecular flexibility index (Phi) is 14.9. The van der Waals surface area contributed by atoms with Crippen LogP contribution < -0.4 is 0 Å². The second-order valence-corrected chi connectivity index (χ2v) is 9.97. The van der Waals surface area contributed by atoms with Crippen LogP contribution in [0.4, 0.5) is 0 Å². The number of alkyl halides is 10. The number of methoxy groups -OCH3 is 1. The molecule has 0 aromatic heterocycles. The van der Waals surface area contributed by atoms with E-state index < -0.39 is 54.4 Å². The Hall–Kier alpha value is 2.37. The Balaban J connectivity index is 4.94. The highest BCUT2D eigenvalue weighted by Gasteiger charge is 2.43. The fraction of sp³-hybridized carbons (Fsp3) is 0.923. The highest BCUT2D eigenvalue weighted by molar-refractivity contribution is 6.44. The maximum Gasteiger partial charge on any atom is 0.325 e. The van der Waals surface area contributed by atoms with Crippen LogP contribution in [0.25, 0.3) is 0 Å². The Morgan fingerprint density at radius 1 is 0.720 bits per heavy atom. The summed E-state index contributed by atoms with van der Waals surface area (Å²) >= 11 is 61.2. The molecule has 0 aliphatic carbocycles. The normalized spacial score (nSPS) is 22.8. The number of carbonyl (C=O) groups excluding carboxylic acids is 1. The van der Waals surface area contributed by atoms with Gasteiger partial charge in [-0.2, -0.15) is 0 Å². The fourth-order valence-electron chi connectivity index (χ4n) is 1.75. The molecule has 25 heavy (non-hydrogen) atoms. The molecule has 0 bridgehead atoms. The summed E-state index contributed by atoms with van der Waals surface area (Å²) < 4.78 is 4.51. The van der Waals surface area contributed by atoms with E-state index in [9.17, 15) is 4.79 Å². The van der Waals surface area contributed by atoms with E-state index in [0.717, 1.165) is 0 Å².